The minimum Gasteiger partial charge on any atom is -0.385 e. The Hall–Kier alpha value is -2.76. The number of halogens is 1. The van der Waals surface area contributed by atoms with Gasteiger partial charge in [-0.15, -0.1) is 0 Å². The molecule has 0 atom stereocenters. The second-order valence-corrected chi connectivity index (χ2v) is 4.39. The van der Waals surface area contributed by atoms with E-state index in [1.165, 1.54) is 12.1 Å². The van der Waals surface area contributed by atoms with Crippen molar-refractivity contribution >= 4 is 22.4 Å². The molecule has 1 aromatic carbocycles. The fraction of sp³-hybridized carbons (Fsp3) is 0.0714. The normalized spacial score (nSPS) is 16.8. The number of rotatable bonds is 2. The van der Waals surface area contributed by atoms with Gasteiger partial charge in [0.1, 0.15) is 17.3 Å². The van der Waals surface area contributed by atoms with Gasteiger partial charge >= 0.3 is 0 Å². The van der Waals surface area contributed by atoms with Crippen LogP contribution in [0.2, 0.25) is 0 Å². The van der Waals surface area contributed by atoms with Gasteiger partial charge in [-0.25, -0.2) is 9.38 Å². The van der Waals surface area contributed by atoms with Gasteiger partial charge in [0, 0.05) is 30.4 Å². The summed E-state index contributed by atoms with van der Waals surface area (Å²) in [4.78, 5) is 7.28. The molecule has 0 aliphatic carbocycles. The zero-order valence-corrected chi connectivity index (χ0v) is 10.9. The van der Waals surface area contributed by atoms with Crippen molar-refractivity contribution in [2.75, 3.05) is 7.05 Å². The Morgan fingerprint density at radius 2 is 2.20 bits per heavy atom. The molecule has 0 radical (unpaired) electrons. The van der Waals surface area contributed by atoms with Crippen molar-refractivity contribution in [2.24, 2.45) is 10.7 Å². The Bertz CT molecular complexity index is 754. The molecule has 0 fully saturated rings. The maximum atomic E-state index is 13.2. The first kappa shape index (κ1) is 12.3. The van der Waals surface area contributed by atoms with Crippen LogP contribution in [0, 0.1) is 5.82 Å². The minimum atomic E-state index is -0.262. The van der Waals surface area contributed by atoms with Gasteiger partial charge in [-0.2, -0.15) is 0 Å². The Morgan fingerprint density at radius 1 is 1.35 bits per heavy atom. The fourth-order valence-electron chi connectivity index (χ4n) is 2.21. The Balaban J connectivity index is 2.14. The molecule has 2 aromatic rings. The van der Waals surface area contributed by atoms with Gasteiger partial charge in [0.15, 0.2) is 0 Å². The Morgan fingerprint density at radius 3 is 2.95 bits per heavy atom. The zero-order valence-electron chi connectivity index (χ0n) is 10.9. The molecular formula is C14H14FN5. The molecule has 1 aliphatic heterocycles. The number of nitrogens with one attached hydrogen (secondary N) is 3. The van der Waals surface area contributed by atoms with Crippen molar-refractivity contribution in [1.29, 1.82) is 0 Å². The lowest BCUT2D eigenvalue weighted by Crippen LogP contribution is -2.29. The molecule has 102 valence electrons. The summed E-state index contributed by atoms with van der Waals surface area (Å²) in [6.07, 6.45) is 3.29. The van der Waals surface area contributed by atoms with Gasteiger partial charge in [0.05, 0.1) is 11.4 Å². The summed E-state index contributed by atoms with van der Waals surface area (Å²) in [6.45, 7) is 0. The van der Waals surface area contributed by atoms with Crippen molar-refractivity contribution in [3.63, 3.8) is 0 Å². The average molecular weight is 271 g/mol. The molecule has 6 heteroatoms. The molecule has 0 unspecified atom stereocenters. The Labute approximate surface area is 115 Å². The number of aliphatic imine (C=N–C) groups is 1. The highest BCUT2D eigenvalue weighted by molar-refractivity contribution is 6.04. The number of benzene rings is 1. The van der Waals surface area contributed by atoms with Crippen LogP contribution >= 0.6 is 0 Å². The third kappa shape index (κ3) is 2.01. The number of amidine groups is 1. The van der Waals surface area contributed by atoms with E-state index in [0.29, 0.717) is 11.5 Å². The largest absolute Gasteiger partial charge is 0.385 e. The molecule has 5 nitrogen and oxygen atoms in total. The van der Waals surface area contributed by atoms with Crippen molar-refractivity contribution in [3.8, 4) is 0 Å². The second kappa shape index (κ2) is 4.73. The van der Waals surface area contributed by atoms with E-state index in [2.05, 4.69) is 20.6 Å². The van der Waals surface area contributed by atoms with Gasteiger partial charge in [0.25, 0.3) is 0 Å². The lowest BCUT2D eigenvalue weighted by Gasteiger charge is -2.15. The smallest absolute Gasteiger partial charge is 0.149 e. The molecule has 0 saturated heterocycles. The SMILES string of the molecule is CN/C(=C1\NC=CN=C1N)c1cc2cc(F)ccc2[nH]1. The van der Waals surface area contributed by atoms with Crippen molar-refractivity contribution < 1.29 is 4.39 Å². The Kier molecular flexibility index (Phi) is 2.90. The van der Waals surface area contributed by atoms with E-state index in [0.717, 1.165) is 22.3 Å². The van der Waals surface area contributed by atoms with Crippen LogP contribution in [0.25, 0.3) is 16.6 Å². The average Bonchev–Trinajstić information content (AvgIpc) is 2.84. The molecule has 20 heavy (non-hydrogen) atoms. The predicted octanol–water partition coefficient (Wildman–Crippen LogP) is 1.63. The molecule has 1 aromatic heterocycles. The van der Waals surface area contributed by atoms with E-state index in [1.807, 2.05) is 6.07 Å². The van der Waals surface area contributed by atoms with E-state index in [4.69, 9.17) is 5.73 Å². The van der Waals surface area contributed by atoms with E-state index in [1.54, 1.807) is 25.5 Å². The third-order valence-corrected chi connectivity index (χ3v) is 3.12. The quantitative estimate of drug-likeness (QED) is 0.670. The van der Waals surface area contributed by atoms with Gasteiger partial charge in [-0.1, -0.05) is 0 Å². The molecule has 0 amide bonds. The van der Waals surface area contributed by atoms with Gasteiger partial charge in [0.2, 0.25) is 0 Å². The van der Waals surface area contributed by atoms with Crippen LogP contribution in [0.5, 0.6) is 0 Å². The van der Waals surface area contributed by atoms with Gasteiger partial charge < -0.3 is 21.4 Å². The first-order valence-corrected chi connectivity index (χ1v) is 6.15. The maximum Gasteiger partial charge on any atom is 0.149 e. The van der Waals surface area contributed by atoms with Crippen LogP contribution < -0.4 is 16.4 Å². The van der Waals surface area contributed by atoms with Crippen LogP contribution in [0.4, 0.5) is 4.39 Å². The molecule has 2 heterocycles. The molecule has 3 rings (SSSR count). The van der Waals surface area contributed by atoms with Crippen molar-refractivity contribution in [3.05, 3.63) is 53.9 Å². The van der Waals surface area contributed by atoms with Crippen LogP contribution in [0.3, 0.4) is 0 Å². The summed E-state index contributed by atoms with van der Waals surface area (Å²) in [5, 5.41) is 6.95. The van der Waals surface area contributed by atoms with Crippen LogP contribution in [0.15, 0.2) is 47.4 Å². The number of H-pyrrole nitrogens is 1. The maximum absolute atomic E-state index is 13.2. The number of hydrogen-bond acceptors (Lipinski definition) is 4. The summed E-state index contributed by atoms with van der Waals surface area (Å²) in [6, 6.07) is 6.48. The lowest BCUT2D eigenvalue weighted by molar-refractivity contribution is 0.630. The highest BCUT2D eigenvalue weighted by Gasteiger charge is 2.14. The molecule has 0 bridgehead atoms. The van der Waals surface area contributed by atoms with Crippen LogP contribution in [-0.2, 0) is 0 Å². The summed E-state index contributed by atoms with van der Waals surface area (Å²) >= 11 is 0. The summed E-state index contributed by atoms with van der Waals surface area (Å²) in [5.41, 5.74) is 9.00. The number of aromatic nitrogens is 1. The highest BCUT2D eigenvalue weighted by Crippen LogP contribution is 2.22. The van der Waals surface area contributed by atoms with Crippen LogP contribution in [0.1, 0.15) is 5.69 Å². The molecule has 0 spiro atoms. The molecule has 1 aliphatic rings. The summed E-state index contributed by atoms with van der Waals surface area (Å²) in [7, 11) is 1.79. The van der Waals surface area contributed by atoms with E-state index >= 15 is 0 Å². The number of hydrogen-bond donors (Lipinski definition) is 4. The number of nitrogens with two attached hydrogens (primary N) is 1. The zero-order chi connectivity index (χ0) is 14.1. The minimum absolute atomic E-state index is 0.262. The monoisotopic (exact) mass is 271 g/mol. The molecule has 0 saturated carbocycles. The fourth-order valence-corrected chi connectivity index (χ4v) is 2.21. The number of nitrogens with zero attached hydrogens (tertiary/aromatic N) is 1. The van der Waals surface area contributed by atoms with E-state index < -0.39 is 0 Å². The van der Waals surface area contributed by atoms with Crippen molar-refractivity contribution in [2.45, 2.75) is 0 Å². The number of fused-ring (bicyclic) bond motifs is 1. The second-order valence-electron chi connectivity index (χ2n) is 4.39. The topological polar surface area (TPSA) is 78.2 Å². The summed E-state index contributed by atoms with van der Waals surface area (Å²) < 4.78 is 13.2. The third-order valence-electron chi connectivity index (χ3n) is 3.12. The lowest BCUT2D eigenvalue weighted by atomic mass is 10.2. The van der Waals surface area contributed by atoms with E-state index in [-0.39, 0.29) is 5.82 Å². The number of aromatic amines is 1. The molecule has 5 N–H and O–H groups in total. The summed E-state index contributed by atoms with van der Waals surface area (Å²) in [5.74, 6) is 0.128. The first-order valence-electron chi connectivity index (χ1n) is 6.15. The highest BCUT2D eigenvalue weighted by atomic mass is 19.1. The van der Waals surface area contributed by atoms with E-state index in [9.17, 15) is 4.39 Å². The molecular weight excluding hydrogens is 257 g/mol. The van der Waals surface area contributed by atoms with Gasteiger partial charge in [-0.3, -0.25) is 0 Å². The first-order chi connectivity index (χ1) is 9.69. The standard InChI is InChI=1S/C14H14FN5/c1-17-12(13-14(16)19-5-4-18-13)11-7-8-6-9(15)2-3-10(8)20-11/h2-7,17-18,20H,1H3,(H2,16,19)/b13-12-. The van der Waals surface area contributed by atoms with Crippen molar-refractivity contribution in [1.82, 2.24) is 15.6 Å². The van der Waals surface area contributed by atoms with Gasteiger partial charge in [-0.05, 0) is 24.3 Å². The van der Waals surface area contributed by atoms with Crippen LogP contribution in [-0.4, -0.2) is 17.9 Å². The predicted molar refractivity (Wildman–Crippen MR) is 78.1 cm³/mol.